The lowest BCUT2D eigenvalue weighted by molar-refractivity contribution is 0.0685. The van der Waals surface area contributed by atoms with Crippen LogP contribution in [0, 0.1) is 11.7 Å². The lowest BCUT2D eigenvalue weighted by atomic mass is 9.99. The molecule has 1 heterocycles. The van der Waals surface area contributed by atoms with Crippen LogP contribution in [0.2, 0.25) is 0 Å². The van der Waals surface area contributed by atoms with Crippen molar-refractivity contribution >= 4 is 5.69 Å². The average Bonchev–Trinajstić information content (AvgIpc) is 2.48. The number of halogens is 1. The van der Waals surface area contributed by atoms with Gasteiger partial charge in [-0.25, -0.2) is 4.39 Å². The Hall–Kier alpha value is -1.13. The Labute approximate surface area is 127 Å². The monoisotopic (exact) mass is 294 g/mol. The van der Waals surface area contributed by atoms with E-state index in [0.717, 1.165) is 44.7 Å². The standard InChI is InChI=1S/C17H27FN2O/c1-4-19-13(2)15-5-6-17(16(18)11-15)20(3)12-14-7-9-21-10-8-14/h5-6,11,13-14,19H,4,7-10,12H2,1-3H3. The van der Waals surface area contributed by atoms with Crippen molar-refractivity contribution < 1.29 is 9.13 Å². The smallest absolute Gasteiger partial charge is 0.146 e. The maximum Gasteiger partial charge on any atom is 0.146 e. The van der Waals surface area contributed by atoms with Gasteiger partial charge in [-0.15, -0.1) is 0 Å². The molecule has 0 spiro atoms. The van der Waals surface area contributed by atoms with E-state index in [-0.39, 0.29) is 11.9 Å². The quantitative estimate of drug-likeness (QED) is 0.870. The van der Waals surface area contributed by atoms with Crippen LogP contribution in [-0.4, -0.2) is 33.4 Å². The van der Waals surface area contributed by atoms with Crippen LogP contribution >= 0.6 is 0 Å². The summed E-state index contributed by atoms with van der Waals surface area (Å²) < 4.78 is 19.7. The number of ether oxygens (including phenoxy) is 1. The highest BCUT2D eigenvalue weighted by molar-refractivity contribution is 5.49. The van der Waals surface area contributed by atoms with Gasteiger partial charge in [0, 0.05) is 32.8 Å². The largest absolute Gasteiger partial charge is 0.381 e. The first-order valence-corrected chi connectivity index (χ1v) is 7.93. The summed E-state index contributed by atoms with van der Waals surface area (Å²) >= 11 is 0. The van der Waals surface area contributed by atoms with E-state index < -0.39 is 0 Å². The van der Waals surface area contributed by atoms with Crippen molar-refractivity contribution in [3.05, 3.63) is 29.6 Å². The van der Waals surface area contributed by atoms with Crippen LogP contribution in [0.1, 0.15) is 38.3 Å². The van der Waals surface area contributed by atoms with Gasteiger partial charge in [-0.05, 0) is 49.9 Å². The Bertz CT molecular complexity index is 446. The molecule has 1 aliphatic heterocycles. The van der Waals surface area contributed by atoms with Crippen LogP contribution in [0.3, 0.4) is 0 Å². The number of benzene rings is 1. The third kappa shape index (κ3) is 4.42. The number of nitrogens with one attached hydrogen (secondary N) is 1. The second-order valence-electron chi connectivity index (χ2n) is 5.93. The first kappa shape index (κ1) is 16.2. The van der Waals surface area contributed by atoms with Crippen molar-refractivity contribution in [2.75, 3.05) is 38.3 Å². The molecule has 1 fully saturated rings. The molecule has 1 aliphatic rings. The molecule has 0 radical (unpaired) electrons. The molecule has 0 aromatic heterocycles. The minimum absolute atomic E-state index is 0.133. The summed E-state index contributed by atoms with van der Waals surface area (Å²) in [6, 6.07) is 5.76. The second-order valence-corrected chi connectivity index (χ2v) is 5.93. The predicted molar refractivity (Wildman–Crippen MR) is 85.3 cm³/mol. The summed E-state index contributed by atoms with van der Waals surface area (Å²) in [5, 5.41) is 3.31. The molecule has 118 valence electrons. The number of anilines is 1. The molecule has 0 bridgehead atoms. The van der Waals surface area contributed by atoms with Gasteiger partial charge in [0.05, 0.1) is 5.69 Å². The van der Waals surface area contributed by atoms with Crippen LogP contribution in [-0.2, 0) is 4.74 Å². The van der Waals surface area contributed by atoms with Gasteiger partial charge in [0.1, 0.15) is 5.82 Å². The van der Waals surface area contributed by atoms with Crippen molar-refractivity contribution in [1.29, 1.82) is 0 Å². The van der Waals surface area contributed by atoms with Crippen molar-refractivity contribution in [1.82, 2.24) is 5.32 Å². The van der Waals surface area contributed by atoms with Gasteiger partial charge >= 0.3 is 0 Å². The average molecular weight is 294 g/mol. The van der Waals surface area contributed by atoms with Crippen LogP contribution in [0.4, 0.5) is 10.1 Å². The molecule has 1 aromatic carbocycles. The number of nitrogens with zero attached hydrogens (tertiary/aromatic N) is 1. The van der Waals surface area contributed by atoms with E-state index in [1.54, 1.807) is 6.07 Å². The Balaban J connectivity index is 2.01. The summed E-state index contributed by atoms with van der Waals surface area (Å²) in [6.07, 6.45) is 2.14. The maximum absolute atomic E-state index is 14.4. The van der Waals surface area contributed by atoms with E-state index in [1.165, 1.54) is 0 Å². The van der Waals surface area contributed by atoms with Gasteiger partial charge in [0.25, 0.3) is 0 Å². The van der Waals surface area contributed by atoms with Gasteiger partial charge in [-0.1, -0.05) is 13.0 Å². The minimum Gasteiger partial charge on any atom is -0.381 e. The molecular formula is C17H27FN2O. The molecule has 0 amide bonds. The summed E-state index contributed by atoms with van der Waals surface area (Å²) in [7, 11) is 1.97. The molecule has 3 nitrogen and oxygen atoms in total. The molecule has 1 aromatic rings. The van der Waals surface area contributed by atoms with E-state index in [4.69, 9.17) is 4.74 Å². The van der Waals surface area contributed by atoms with E-state index in [2.05, 4.69) is 19.2 Å². The highest BCUT2D eigenvalue weighted by Gasteiger charge is 2.18. The second kappa shape index (κ2) is 7.76. The zero-order chi connectivity index (χ0) is 15.2. The fourth-order valence-electron chi connectivity index (χ4n) is 2.94. The van der Waals surface area contributed by atoms with E-state index >= 15 is 0 Å². The first-order valence-electron chi connectivity index (χ1n) is 7.93. The summed E-state index contributed by atoms with van der Waals surface area (Å²) in [6.45, 7) is 7.56. The molecule has 1 atom stereocenters. The van der Waals surface area contributed by atoms with Crippen LogP contribution in [0.15, 0.2) is 18.2 Å². The lowest BCUT2D eigenvalue weighted by Crippen LogP contribution is -2.30. The predicted octanol–water partition coefficient (Wildman–Crippen LogP) is 3.36. The molecule has 1 N–H and O–H groups in total. The fourth-order valence-corrected chi connectivity index (χ4v) is 2.94. The van der Waals surface area contributed by atoms with Crippen LogP contribution in [0.5, 0.6) is 0 Å². The number of hydrogen-bond acceptors (Lipinski definition) is 3. The molecule has 1 unspecified atom stereocenters. The van der Waals surface area contributed by atoms with E-state index in [9.17, 15) is 4.39 Å². The number of hydrogen-bond donors (Lipinski definition) is 1. The Kier molecular flexibility index (Phi) is 6.00. The summed E-state index contributed by atoms with van der Waals surface area (Å²) in [4.78, 5) is 2.03. The molecule has 2 rings (SSSR count). The Morgan fingerprint density at radius 2 is 2.10 bits per heavy atom. The molecule has 4 heteroatoms. The van der Waals surface area contributed by atoms with Gasteiger partial charge in [0.2, 0.25) is 0 Å². The van der Waals surface area contributed by atoms with Gasteiger partial charge < -0.3 is 15.0 Å². The van der Waals surface area contributed by atoms with E-state index in [0.29, 0.717) is 11.6 Å². The molecule has 0 saturated carbocycles. The Morgan fingerprint density at radius 3 is 2.71 bits per heavy atom. The summed E-state index contributed by atoms with van der Waals surface area (Å²) in [5.74, 6) is 0.468. The highest BCUT2D eigenvalue weighted by atomic mass is 19.1. The molecule has 0 aliphatic carbocycles. The molecule has 1 saturated heterocycles. The van der Waals surface area contributed by atoms with Crippen molar-refractivity contribution in [2.24, 2.45) is 5.92 Å². The highest BCUT2D eigenvalue weighted by Crippen LogP contribution is 2.25. The fraction of sp³-hybridized carbons (Fsp3) is 0.647. The zero-order valence-corrected chi connectivity index (χ0v) is 13.4. The third-order valence-corrected chi connectivity index (χ3v) is 4.27. The van der Waals surface area contributed by atoms with E-state index in [1.807, 2.05) is 24.1 Å². The normalized spacial score (nSPS) is 17.7. The SMILES string of the molecule is CCNC(C)c1ccc(N(C)CC2CCOCC2)c(F)c1. The third-order valence-electron chi connectivity index (χ3n) is 4.27. The van der Waals surface area contributed by atoms with Crippen LogP contribution in [0.25, 0.3) is 0 Å². The molecular weight excluding hydrogens is 267 g/mol. The topological polar surface area (TPSA) is 24.5 Å². The van der Waals surface area contributed by atoms with Crippen molar-refractivity contribution in [3.8, 4) is 0 Å². The Morgan fingerprint density at radius 1 is 1.38 bits per heavy atom. The summed E-state index contributed by atoms with van der Waals surface area (Å²) in [5.41, 5.74) is 1.69. The van der Waals surface area contributed by atoms with Crippen molar-refractivity contribution in [3.63, 3.8) is 0 Å². The van der Waals surface area contributed by atoms with Gasteiger partial charge in [-0.3, -0.25) is 0 Å². The zero-order valence-electron chi connectivity index (χ0n) is 13.4. The first-order chi connectivity index (χ1) is 10.1. The van der Waals surface area contributed by atoms with Gasteiger partial charge in [-0.2, -0.15) is 0 Å². The molecule has 21 heavy (non-hydrogen) atoms. The number of rotatable bonds is 6. The van der Waals surface area contributed by atoms with Crippen molar-refractivity contribution in [2.45, 2.75) is 32.7 Å². The van der Waals surface area contributed by atoms with Crippen LogP contribution < -0.4 is 10.2 Å². The lowest BCUT2D eigenvalue weighted by Gasteiger charge is -2.29. The maximum atomic E-state index is 14.4. The van der Waals surface area contributed by atoms with Gasteiger partial charge in [0.15, 0.2) is 0 Å². The minimum atomic E-state index is -0.133.